The van der Waals surface area contributed by atoms with Gasteiger partial charge in [-0.15, -0.1) is 0 Å². The maximum atomic E-state index is 12.6. The molecule has 8 heteroatoms. The van der Waals surface area contributed by atoms with Crippen molar-refractivity contribution in [3.05, 3.63) is 0 Å². The van der Waals surface area contributed by atoms with Crippen molar-refractivity contribution in [1.82, 2.24) is 15.1 Å². The van der Waals surface area contributed by atoms with Gasteiger partial charge in [-0.05, 0) is 39.2 Å². The summed E-state index contributed by atoms with van der Waals surface area (Å²) in [5.41, 5.74) is 0. The molecule has 0 aromatic rings. The number of nitrogens with zero attached hydrogens (tertiary/aromatic N) is 2. The predicted octanol–water partition coefficient (Wildman–Crippen LogP) is 1.78. The Balaban J connectivity index is 1.95. The molecule has 2 rings (SSSR count). The van der Waals surface area contributed by atoms with Gasteiger partial charge in [0, 0.05) is 19.6 Å². The number of likely N-dealkylation sites (tertiary alicyclic amines) is 1. The average Bonchev–Trinajstić information content (AvgIpc) is 2.58. The van der Waals surface area contributed by atoms with Gasteiger partial charge in [-0.1, -0.05) is 6.42 Å². The summed E-state index contributed by atoms with van der Waals surface area (Å²) in [7, 11) is 0. The fourth-order valence-corrected chi connectivity index (χ4v) is 3.48. The van der Waals surface area contributed by atoms with Gasteiger partial charge >= 0.3 is 6.18 Å². The molecule has 0 aliphatic carbocycles. The Bertz CT molecular complexity index is 450. The van der Waals surface area contributed by atoms with Gasteiger partial charge in [0.25, 0.3) is 0 Å². The Kier molecular flexibility index (Phi) is 6.48. The molecular weight excluding hydrogens is 323 g/mol. The third-order valence-corrected chi connectivity index (χ3v) is 4.75. The highest BCUT2D eigenvalue weighted by molar-refractivity contribution is 5.84. The molecule has 2 aliphatic heterocycles. The lowest BCUT2D eigenvalue weighted by atomic mass is 9.95. The van der Waals surface area contributed by atoms with Crippen molar-refractivity contribution in [2.75, 3.05) is 32.7 Å². The van der Waals surface area contributed by atoms with E-state index in [9.17, 15) is 22.8 Å². The van der Waals surface area contributed by atoms with Gasteiger partial charge in [-0.25, -0.2) is 0 Å². The normalized spacial score (nSPS) is 25.4. The second-order valence-corrected chi connectivity index (χ2v) is 6.59. The average molecular weight is 349 g/mol. The third-order valence-electron chi connectivity index (χ3n) is 4.75. The Morgan fingerprint density at radius 3 is 2.54 bits per heavy atom. The Morgan fingerprint density at radius 1 is 1.21 bits per heavy atom. The smallest absolute Gasteiger partial charge is 0.341 e. The monoisotopic (exact) mass is 349 g/mol. The summed E-state index contributed by atoms with van der Waals surface area (Å²) in [4.78, 5) is 27.5. The number of rotatable bonds is 4. The topological polar surface area (TPSA) is 52.7 Å². The van der Waals surface area contributed by atoms with Crippen LogP contribution in [0.25, 0.3) is 0 Å². The molecule has 138 valence electrons. The SMILES string of the molecule is CCN(CC(F)(F)F)C(=O)C1CCCN(C(=O)[C@H]2CCCCN2)C1. The molecular formula is C16H26F3N3O2. The standard InChI is InChI=1S/C16H26F3N3O2/c1-2-21(11-16(17,18)19)14(23)12-6-5-9-22(10-12)15(24)13-7-3-4-8-20-13/h12-13,20H,2-11H2,1H3/t12?,13-/m1/s1. The van der Waals surface area contributed by atoms with E-state index >= 15 is 0 Å². The number of hydrogen-bond acceptors (Lipinski definition) is 3. The molecule has 2 fully saturated rings. The van der Waals surface area contributed by atoms with E-state index < -0.39 is 24.5 Å². The second kappa shape index (κ2) is 8.18. The Morgan fingerprint density at radius 2 is 1.96 bits per heavy atom. The van der Waals surface area contributed by atoms with Gasteiger partial charge in [0.2, 0.25) is 11.8 Å². The van der Waals surface area contributed by atoms with Crippen LogP contribution in [0.4, 0.5) is 13.2 Å². The molecule has 0 saturated carbocycles. The molecule has 0 aromatic carbocycles. The first kappa shape index (κ1) is 19.0. The lowest BCUT2D eigenvalue weighted by Gasteiger charge is -2.37. The molecule has 0 bridgehead atoms. The molecule has 0 aromatic heterocycles. The minimum absolute atomic E-state index is 0.0208. The van der Waals surface area contributed by atoms with Crippen LogP contribution in [0.3, 0.4) is 0 Å². The van der Waals surface area contributed by atoms with E-state index in [1.807, 2.05) is 0 Å². The highest BCUT2D eigenvalue weighted by Gasteiger charge is 2.37. The van der Waals surface area contributed by atoms with Gasteiger partial charge in [0.05, 0.1) is 12.0 Å². The summed E-state index contributed by atoms with van der Waals surface area (Å²) in [5, 5.41) is 3.19. The van der Waals surface area contributed by atoms with Gasteiger partial charge in [-0.3, -0.25) is 9.59 Å². The van der Waals surface area contributed by atoms with Gasteiger partial charge in [-0.2, -0.15) is 13.2 Å². The number of carbonyl (C=O) groups excluding carboxylic acids is 2. The molecule has 24 heavy (non-hydrogen) atoms. The maximum Gasteiger partial charge on any atom is 0.406 e. The quantitative estimate of drug-likeness (QED) is 0.842. The van der Waals surface area contributed by atoms with Crippen molar-refractivity contribution in [1.29, 1.82) is 0 Å². The molecule has 0 radical (unpaired) electrons. The zero-order valence-electron chi connectivity index (χ0n) is 14.1. The van der Waals surface area contributed by atoms with E-state index in [1.165, 1.54) is 0 Å². The fourth-order valence-electron chi connectivity index (χ4n) is 3.48. The zero-order chi connectivity index (χ0) is 17.7. The minimum Gasteiger partial charge on any atom is -0.341 e. The van der Waals surface area contributed by atoms with Crippen LogP contribution < -0.4 is 5.32 Å². The first-order chi connectivity index (χ1) is 11.3. The van der Waals surface area contributed by atoms with Crippen molar-refractivity contribution in [2.24, 2.45) is 5.92 Å². The summed E-state index contributed by atoms with van der Waals surface area (Å²) < 4.78 is 37.8. The number of piperidine rings is 2. The van der Waals surface area contributed by atoms with Crippen LogP contribution >= 0.6 is 0 Å². The van der Waals surface area contributed by atoms with Crippen molar-refractivity contribution >= 4 is 11.8 Å². The largest absolute Gasteiger partial charge is 0.406 e. The first-order valence-corrected chi connectivity index (χ1v) is 8.69. The molecule has 2 amide bonds. The number of alkyl halides is 3. The van der Waals surface area contributed by atoms with Gasteiger partial charge < -0.3 is 15.1 Å². The summed E-state index contributed by atoms with van der Waals surface area (Å²) in [6, 6.07) is -0.218. The van der Waals surface area contributed by atoms with E-state index in [4.69, 9.17) is 0 Å². The molecule has 2 aliphatic rings. The molecule has 2 saturated heterocycles. The van der Waals surface area contributed by atoms with Crippen LogP contribution in [0, 0.1) is 5.92 Å². The molecule has 2 heterocycles. The van der Waals surface area contributed by atoms with E-state index in [0.717, 1.165) is 30.7 Å². The summed E-state index contributed by atoms with van der Waals surface area (Å²) in [5.74, 6) is -1.05. The molecule has 5 nitrogen and oxygen atoms in total. The van der Waals surface area contributed by atoms with Crippen LogP contribution in [0.1, 0.15) is 39.0 Å². The number of hydrogen-bond donors (Lipinski definition) is 1. The highest BCUT2D eigenvalue weighted by Crippen LogP contribution is 2.23. The number of halogens is 3. The first-order valence-electron chi connectivity index (χ1n) is 8.69. The van der Waals surface area contributed by atoms with E-state index in [0.29, 0.717) is 19.4 Å². The van der Waals surface area contributed by atoms with Crippen LogP contribution in [0.2, 0.25) is 0 Å². The van der Waals surface area contributed by atoms with Crippen molar-refractivity contribution in [2.45, 2.75) is 51.2 Å². The summed E-state index contributed by atoms with van der Waals surface area (Å²) in [6.07, 6.45) is -0.388. The summed E-state index contributed by atoms with van der Waals surface area (Å²) >= 11 is 0. The molecule has 1 unspecified atom stereocenters. The van der Waals surface area contributed by atoms with Crippen LogP contribution in [0.15, 0.2) is 0 Å². The van der Waals surface area contributed by atoms with Crippen LogP contribution in [-0.2, 0) is 9.59 Å². The van der Waals surface area contributed by atoms with Gasteiger partial charge in [0.1, 0.15) is 6.54 Å². The lowest BCUT2D eigenvalue weighted by Crippen LogP contribution is -2.53. The van der Waals surface area contributed by atoms with Crippen molar-refractivity contribution in [3.8, 4) is 0 Å². The van der Waals surface area contributed by atoms with Crippen LogP contribution in [0.5, 0.6) is 0 Å². The number of nitrogens with one attached hydrogen (secondary N) is 1. The van der Waals surface area contributed by atoms with E-state index in [1.54, 1.807) is 11.8 Å². The number of carbonyl (C=O) groups is 2. The van der Waals surface area contributed by atoms with E-state index in [-0.39, 0.29) is 25.0 Å². The minimum atomic E-state index is -4.40. The lowest BCUT2D eigenvalue weighted by molar-refractivity contribution is -0.165. The molecule has 0 spiro atoms. The Labute approximate surface area is 140 Å². The van der Waals surface area contributed by atoms with Crippen molar-refractivity contribution < 1.29 is 22.8 Å². The fraction of sp³-hybridized carbons (Fsp3) is 0.875. The predicted molar refractivity (Wildman–Crippen MR) is 83.3 cm³/mol. The van der Waals surface area contributed by atoms with Gasteiger partial charge in [0.15, 0.2) is 0 Å². The van der Waals surface area contributed by atoms with E-state index in [2.05, 4.69) is 5.32 Å². The zero-order valence-corrected chi connectivity index (χ0v) is 14.1. The summed E-state index contributed by atoms with van der Waals surface area (Å²) in [6.45, 7) is 1.95. The van der Waals surface area contributed by atoms with Crippen LogP contribution in [-0.4, -0.2) is 66.6 Å². The second-order valence-electron chi connectivity index (χ2n) is 6.59. The maximum absolute atomic E-state index is 12.6. The highest BCUT2D eigenvalue weighted by atomic mass is 19.4. The third kappa shape index (κ3) is 5.09. The molecule has 2 atom stereocenters. The Hall–Kier alpha value is -1.31. The number of amides is 2. The molecule has 1 N–H and O–H groups in total. The van der Waals surface area contributed by atoms with Crippen molar-refractivity contribution in [3.63, 3.8) is 0 Å².